The zero-order valence-electron chi connectivity index (χ0n) is 16.1. The molecule has 5 rings (SSSR count). The molecule has 0 saturated heterocycles. The topological polar surface area (TPSA) is 95.2 Å². The minimum absolute atomic E-state index is 0.308. The van der Waals surface area contributed by atoms with E-state index in [1.807, 2.05) is 24.3 Å². The normalized spacial score (nSPS) is 25.3. The third-order valence-electron chi connectivity index (χ3n) is 6.26. The zero-order chi connectivity index (χ0) is 21.3. The summed E-state index contributed by atoms with van der Waals surface area (Å²) >= 11 is 3.27. The fourth-order valence-electron chi connectivity index (χ4n) is 4.83. The largest absolute Gasteiger partial charge is 0.192 e. The molecule has 2 heterocycles. The van der Waals surface area contributed by atoms with E-state index in [0.29, 0.717) is 22.3 Å². The summed E-state index contributed by atoms with van der Waals surface area (Å²) in [5.41, 5.74) is 4.66. The molecule has 6 heteroatoms. The Bertz CT molecular complexity index is 1310. The fourth-order valence-corrected chi connectivity index (χ4v) is 8.08. The van der Waals surface area contributed by atoms with Crippen LogP contribution in [0.4, 0.5) is 0 Å². The molecule has 3 aliphatic rings. The van der Waals surface area contributed by atoms with E-state index in [9.17, 15) is 21.0 Å². The van der Waals surface area contributed by atoms with Gasteiger partial charge >= 0.3 is 0 Å². The van der Waals surface area contributed by atoms with Gasteiger partial charge in [0.05, 0.1) is 43.9 Å². The van der Waals surface area contributed by atoms with E-state index in [1.54, 1.807) is 35.7 Å². The molecule has 30 heavy (non-hydrogen) atoms. The van der Waals surface area contributed by atoms with Crippen LogP contribution in [0.1, 0.15) is 36.1 Å². The average Bonchev–Trinajstić information content (AvgIpc) is 3.24. The maximum absolute atomic E-state index is 10.2. The van der Waals surface area contributed by atoms with Gasteiger partial charge in [-0.25, -0.2) is 0 Å². The van der Waals surface area contributed by atoms with Crippen molar-refractivity contribution in [2.45, 2.75) is 33.1 Å². The molecular weight excluding hydrogens is 408 g/mol. The molecule has 0 unspecified atom stereocenters. The summed E-state index contributed by atoms with van der Waals surface area (Å²) in [4.78, 5) is 1.88. The van der Waals surface area contributed by atoms with Crippen molar-refractivity contribution in [1.29, 1.82) is 21.0 Å². The molecule has 0 aromatic heterocycles. The Hall–Kier alpha value is -3.42. The number of thioether (sulfide) groups is 2. The number of hydrogen-bond acceptors (Lipinski definition) is 6. The summed E-state index contributed by atoms with van der Waals surface area (Å²) < 4.78 is -1.17. The third-order valence-corrected chi connectivity index (χ3v) is 9.55. The first-order chi connectivity index (χ1) is 14.4. The van der Waals surface area contributed by atoms with Crippen LogP contribution in [0.5, 0.6) is 0 Å². The molecule has 4 nitrogen and oxygen atoms in total. The van der Waals surface area contributed by atoms with E-state index in [4.69, 9.17) is 0 Å². The van der Waals surface area contributed by atoms with Crippen molar-refractivity contribution < 1.29 is 0 Å². The van der Waals surface area contributed by atoms with Gasteiger partial charge in [-0.3, -0.25) is 0 Å². The molecule has 0 bridgehead atoms. The molecule has 140 valence electrons. The lowest BCUT2D eigenvalue weighted by atomic mass is 9.68. The molecule has 2 atom stereocenters. The third kappa shape index (κ3) is 1.96. The van der Waals surface area contributed by atoms with Gasteiger partial charge in [-0.15, -0.1) is 23.5 Å². The van der Waals surface area contributed by atoms with Gasteiger partial charge in [0, 0.05) is 20.9 Å². The molecule has 0 amide bonds. The number of nitrogens with zero attached hydrogens (tertiary/aromatic N) is 4. The Morgan fingerprint density at radius 1 is 0.633 bits per heavy atom. The highest BCUT2D eigenvalue weighted by Gasteiger charge is 2.62. The Morgan fingerprint density at radius 2 is 1.03 bits per heavy atom. The number of allylic oxidation sites excluding steroid dienone is 2. The van der Waals surface area contributed by atoms with Crippen LogP contribution >= 0.6 is 23.5 Å². The van der Waals surface area contributed by atoms with Crippen LogP contribution in [0, 0.1) is 45.3 Å². The number of hydrogen-bond donors (Lipinski definition) is 0. The van der Waals surface area contributed by atoms with Gasteiger partial charge < -0.3 is 0 Å². The number of benzene rings is 2. The van der Waals surface area contributed by atoms with Crippen molar-refractivity contribution in [2.24, 2.45) is 0 Å². The van der Waals surface area contributed by atoms with Gasteiger partial charge in [-0.1, -0.05) is 12.1 Å². The van der Waals surface area contributed by atoms with E-state index in [-0.39, 0.29) is 0 Å². The molecular formula is C24H12N4S2. The quantitative estimate of drug-likeness (QED) is 0.564. The first-order valence-electron chi connectivity index (χ1n) is 9.20. The van der Waals surface area contributed by atoms with Crippen molar-refractivity contribution in [2.75, 3.05) is 0 Å². The van der Waals surface area contributed by atoms with Crippen LogP contribution < -0.4 is 0 Å². The highest BCUT2D eigenvalue weighted by atomic mass is 32.2. The lowest BCUT2D eigenvalue weighted by Crippen LogP contribution is -2.46. The standard InChI is InChI=1S/C24H12N4S2/c1-23-21(19-13(9-25)5-3-7-17(19)29-23)15(11-27)16(12-28)22-20-14(10-26)6-4-8-18(20)30-24(22,23)2/h3-8H,1-2H3/t23-,24-/m1/s1. The average molecular weight is 421 g/mol. The zero-order valence-corrected chi connectivity index (χ0v) is 17.7. The van der Waals surface area contributed by atoms with Crippen molar-refractivity contribution >= 4 is 34.7 Å². The maximum atomic E-state index is 10.2. The van der Waals surface area contributed by atoms with Gasteiger partial charge in [-0.2, -0.15) is 21.0 Å². The van der Waals surface area contributed by atoms with Crippen LogP contribution in [0.15, 0.2) is 57.3 Å². The minimum Gasteiger partial charge on any atom is -0.192 e. The molecule has 0 N–H and O–H groups in total. The Morgan fingerprint density at radius 3 is 1.37 bits per heavy atom. The van der Waals surface area contributed by atoms with Gasteiger partial charge in [0.2, 0.25) is 0 Å². The van der Waals surface area contributed by atoms with Crippen molar-refractivity contribution in [3.05, 3.63) is 69.8 Å². The highest BCUT2D eigenvalue weighted by Crippen LogP contribution is 2.72. The van der Waals surface area contributed by atoms with E-state index in [0.717, 1.165) is 32.1 Å². The van der Waals surface area contributed by atoms with E-state index in [1.165, 1.54) is 0 Å². The molecule has 2 aromatic rings. The summed E-state index contributed by atoms with van der Waals surface area (Å²) in [7, 11) is 0. The van der Waals surface area contributed by atoms with Crippen molar-refractivity contribution in [3.63, 3.8) is 0 Å². The van der Waals surface area contributed by atoms with Crippen molar-refractivity contribution in [1.82, 2.24) is 0 Å². The second-order valence-electron chi connectivity index (χ2n) is 7.58. The molecule has 0 fully saturated rings. The van der Waals surface area contributed by atoms with Gasteiger partial charge in [0.15, 0.2) is 0 Å². The molecule has 2 aliphatic heterocycles. The summed E-state index contributed by atoms with van der Waals surface area (Å²) in [6, 6.07) is 20.2. The smallest absolute Gasteiger partial charge is 0.101 e. The van der Waals surface area contributed by atoms with Gasteiger partial charge in [0.1, 0.15) is 12.1 Å². The summed E-state index contributed by atoms with van der Waals surface area (Å²) in [5.74, 6) is 0. The van der Waals surface area contributed by atoms with Crippen LogP contribution in [0.2, 0.25) is 0 Å². The van der Waals surface area contributed by atoms with Gasteiger partial charge in [-0.05, 0) is 49.3 Å². The summed E-state index contributed by atoms with van der Waals surface area (Å²) in [6.45, 7) is 4.18. The van der Waals surface area contributed by atoms with Crippen LogP contribution in [-0.2, 0) is 0 Å². The lowest BCUT2D eigenvalue weighted by Gasteiger charge is -2.45. The molecule has 0 saturated carbocycles. The molecule has 0 radical (unpaired) electrons. The molecule has 1 aliphatic carbocycles. The predicted molar refractivity (Wildman–Crippen MR) is 116 cm³/mol. The Balaban J connectivity index is 1.97. The van der Waals surface area contributed by atoms with Crippen molar-refractivity contribution in [3.8, 4) is 24.3 Å². The second-order valence-corrected chi connectivity index (χ2v) is 10.5. The number of fused-ring (bicyclic) bond motifs is 7. The van der Waals surface area contributed by atoms with Crippen LogP contribution in [0.25, 0.3) is 11.1 Å². The predicted octanol–water partition coefficient (Wildman–Crippen LogP) is 5.43. The minimum atomic E-state index is -0.584. The van der Waals surface area contributed by atoms with Crippen LogP contribution in [0.3, 0.4) is 0 Å². The van der Waals surface area contributed by atoms with E-state index >= 15 is 0 Å². The lowest BCUT2D eigenvalue weighted by molar-refractivity contribution is 0.689. The first-order valence-corrected chi connectivity index (χ1v) is 10.8. The molecule has 0 spiro atoms. The van der Waals surface area contributed by atoms with Crippen LogP contribution in [-0.4, -0.2) is 9.49 Å². The Kier molecular flexibility index (Phi) is 3.75. The maximum Gasteiger partial charge on any atom is 0.101 e. The summed E-state index contributed by atoms with van der Waals surface area (Å²) in [5, 5.41) is 39.8. The van der Waals surface area contributed by atoms with Gasteiger partial charge in [0.25, 0.3) is 0 Å². The fraction of sp³-hybridized carbons (Fsp3) is 0.167. The highest BCUT2D eigenvalue weighted by molar-refractivity contribution is 8.06. The SMILES string of the molecule is C[C@@]12Sc3cccc(C#N)c3C1=C(C#N)C(C#N)=C1c3c(C#N)cccc3S[C@]12C. The van der Waals surface area contributed by atoms with E-state index in [2.05, 4.69) is 38.1 Å². The number of nitriles is 4. The monoisotopic (exact) mass is 420 g/mol. The second kappa shape index (κ2) is 6.04. The molecule has 2 aromatic carbocycles. The van der Waals surface area contributed by atoms with E-state index < -0.39 is 9.49 Å². The first kappa shape index (κ1) is 18.6. The number of rotatable bonds is 0. The summed E-state index contributed by atoms with van der Waals surface area (Å²) in [6.07, 6.45) is 0. The Labute approximate surface area is 182 Å².